The van der Waals surface area contributed by atoms with Gasteiger partial charge in [0.2, 0.25) is 0 Å². The highest BCUT2D eigenvalue weighted by molar-refractivity contribution is 5.03. The van der Waals surface area contributed by atoms with Gasteiger partial charge in [0.25, 0.3) is 0 Å². The topological polar surface area (TPSA) is 45.0 Å². The molecule has 0 bridgehead atoms. The van der Waals surface area contributed by atoms with E-state index < -0.39 is 0 Å². The van der Waals surface area contributed by atoms with Crippen LogP contribution < -0.4 is 5.32 Å². The van der Waals surface area contributed by atoms with E-state index in [4.69, 9.17) is 4.74 Å². The lowest BCUT2D eigenvalue weighted by Crippen LogP contribution is -2.40. The first-order chi connectivity index (χ1) is 9.50. The second-order valence-electron chi connectivity index (χ2n) is 6.69. The van der Waals surface area contributed by atoms with E-state index in [1.165, 1.54) is 19.3 Å². The average molecular weight is 280 g/mol. The summed E-state index contributed by atoms with van der Waals surface area (Å²) in [5, 5.41) is 12.4. The summed E-state index contributed by atoms with van der Waals surface area (Å²) in [7, 11) is 0. The van der Waals surface area contributed by atoms with Crippen molar-refractivity contribution in [2.75, 3.05) is 13.2 Å². The molecule has 0 radical (unpaired) electrons. The molecule has 1 saturated carbocycles. The highest BCUT2D eigenvalue weighted by Gasteiger charge is 2.25. The van der Waals surface area contributed by atoms with Crippen molar-refractivity contribution in [1.29, 1.82) is 5.26 Å². The Morgan fingerprint density at radius 1 is 1.25 bits per heavy atom. The van der Waals surface area contributed by atoms with Gasteiger partial charge in [0, 0.05) is 6.61 Å². The molecule has 116 valence electrons. The van der Waals surface area contributed by atoms with Crippen molar-refractivity contribution in [3.8, 4) is 6.07 Å². The van der Waals surface area contributed by atoms with Crippen LogP contribution >= 0.6 is 0 Å². The Morgan fingerprint density at radius 2 is 2.00 bits per heavy atom. The van der Waals surface area contributed by atoms with Crippen LogP contribution in [0.2, 0.25) is 0 Å². The number of ether oxygens (including phenoxy) is 1. The standard InChI is InChI=1S/C17H32N2O/c1-5-19-17(4,13-18)10-6-7-11-20-16-9-8-14(2)15(3)12-16/h14-16,19H,5-12H2,1-4H3. The predicted octanol–water partition coefficient (Wildman–Crippen LogP) is 3.89. The van der Waals surface area contributed by atoms with Crippen LogP contribution in [-0.2, 0) is 4.74 Å². The van der Waals surface area contributed by atoms with Gasteiger partial charge in [-0.05, 0) is 63.8 Å². The molecule has 4 atom stereocenters. The average Bonchev–Trinajstić information content (AvgIpc) is 2.42. The number of rotatable bonds is 8. The normalized spacial score (nSPS) is 29.6. The first kappa shape index (κ1) is 17.5. The molecule has 1 rings (SSSR count). The molecular weight excluding hydrogens is 248 g/mol. The molecule has 0 aromatic heterocycles. The molecule has 3 nitrogen and oxygen atoms in total. The van der Waals surface area contributed by atoms with Gasteiger partial charge in [-0.25, -0.2) is 0 Å². The summed E-state index contributed by atoms with van der Waals surface area (Å²) >= 11 is 0. The van der Waals surface area contributed by atoms with Crippen molar-refractivity contribution in [3.63, 3.8) is 0 Å². The maximum Gasteiger partial charge on any atom is 0.103 e. The summed E-state index contributed by atoms with van der Waals surface area (Å²) in [6.45, 7) is 10.4. The van der Waals surface area contributed by atoms with Gasteiger partial charge in [-0.2, -0.15) is 5.26 Å². The first-order valence-electron chi connectivity index (χ1n) is 8.28. The van der Waals surface area contributed by atoms with Crippen molar-refractivity contribution < 1.29 is 4.74 Å². The molecule has 0 amide bonds. The molecule has 1 fully saturated rings. The van der Waals surface area contributed by atoms with Crippen LogP contribution in [0.15, 0.2) is 0 Å². The molecule has 1 N–H and O–H groups in total. The molecule has 0 saturated heterocycles. The lowest BCUT2D eigenvalue weighted by atomic mass is 9.80. The van der Waals surface area contributed by atoms with Crippen LogP contribution in [0.25, 0.3) is 0 Å². The zero-order valence-corrected chi connectivity index (χ0v) is 13.7. The zero-order chi connectivity index (χ0) is 15.0. The van der Waals surface area contributed by atoms with Crippen LogP contribution in [0.3, 0.4) is 0 Å². The lowest BCUT2D eigenvalue weighted by molar-refractivity contribution is 0.000743. The summed E-state index contributed by atoms with van der Waals surface area (Å²) in [6, 6.07) is 2.38. The van der Waals surface area contributed by atoms with Crippen molar-refractivity contribution in [1.82, 2.24) is 5.32 Å². The SMILES string of the molecule is CCNC(C)(C#N)CCCCOC1CCC(C)C(C)C1. The quantitative estimate of drug-likeness (QED) is 0.686. The monoisotopic (exact) mass is 280 g/mol. The molecule has 3 heteroatoms. The van der Waals surface area contributed by atoms with Crippen molar-refractivity contribution >= 4 is 0 Å². The Labute approximate surface area is 125 Å². The molecule has 0 aliphatic heterocycles. The number of nitrogens with one attached hydrogen (secondary N) is 1. The van der Waals surface area contributed by atoms with Crippen LogP contribution in [-0.4, -0.2) is 24.8 Å². The van der Waals surface area contributed by atoms with E-state index in [1.54, 1.807) is 0 Å². The summed E-state index contributed by atoms with van der Waals surface area (Å²) in [6.07, 6.45) is 7.22. The molecule has 0 spiro atoms. The van der Waals surface area contributed by atoms with Gasteiger partial charge in [0.15, 0.2) is 0 Å². The third-order valence-corrected chi connectivity index (χ3v) is 4.79. The number of hydrogen-bond acceptors (Lipinski definition) is 3. The first-order valence-corrected chi connectivity index (χ1v) is 8.28. The van der Waals surface area contributed by atoms with Gasteiger partial charge >= 0.3 is 0 Å². The molecule has 0 heterocycles. The Morgan fingerprint density at radius 3 is 2.60 bits per heavy atom. The van der Waals surface area contributed by atoms with E-state index in [0.29, 0.717) is 6.10 Å². The second kappa shape index (κ2) is 8.64. The van der Waals surface area contributed by atoms with Gasteiger partial charge < -0.3 is 4.74 Å². The molecule has 20 heavy (non-hydrogen) atoms. The van der Waals surface area contributed by atoms with Gasteiger partial charge in [-0.1, -0.05) is 20.8 Å². The molecular formula is C17H32N2O. The van der Waals surface area contributed by atoms with Crippen molar-refractivity contribution in [2.24, 2.45) is 11.8 Å². The van der Waals surface area contributed by atoms with Crippen LogP contribution in [0.4, 0.5) is 0 Å². The molecule has 1 aliphatic carbocycles. The summed E-state index contributed by atoms with van der Waals surface area (Å²) in [5.74, 6) is 1.65. The minimum Gasteiger partial charge on any atom is -0.378 e. The summed E-state index contributed by atoms with van der Waals surface area (Å²) in [4.78, 5) is 0. The fraction of sp³-hybridized carbons (Fsp3) is 0.941. The Kier molecular flexibility index (Phi) is 7.55. The zero-order valence-electron chi connectivity index (χ0n) is 13.7. The van der Waals surface area contributed by atoms with Crippen LogP contribution in [0, 0.1) is 23.2 Å². The minimum absolute atomic E-state index is 0.371. The van der Waals surface area contributed by atoms with Crippen molar-refractivity contribution in [2.45, 2.75) is 77.9 Å². The van der Waals surface area contributed by atoms with E-state index >= 15 is 0 Å². The van der Waals surface area contributed by atoms with E-state index in [-0.39, 0.29) is 5.54 Å². The number of nitrogens with zero attached hydrogens (tertiary/aromatic N) is 1. The van der Waals surface area contributed by atoms with E-state index in [0.717, 1.165) is 44.2 Å². The van der Waals surface area contributed by atoms with Gasteiger partial charge in [0.05, 0.1) is 12.2 Å². The van der Waals surface area contributed by atoms with Crippen molar-refractivity contribution in [3.05, 3.63) is 0 Å². The fourth-order valence-corrected chi connectivity index (χ4v) is 3.05. The fourth-order valence-electron chi connectivity index (χ4n) is 3.05. The smallest absolute Gasteiger partial charge is 0.103 e. The summed E-state index contributed by atoms with van der Waals surface area (Å²) in [5.41, 5.74) is -0.371. The number of nitriles is 1. The van der Waals surface area contributed by atoms with E-state index in [2.05, 4.69) is 25.2 Å². The lowest BCUT2D eigenvalue weighted by Gasteiger charge is -2.32. The maximum absolute atomic E-state index is 9.19. The second-order valence-corrected chi connectivity index (χ2v) is 6.69. The largest absolute Gasteiger partial charge is 0.378 e. The molecule has 0 aromatic rings. The van der Waals surface area contributed by atoms with Gasteiger partial charge in [0.1, 0.15) is 5.54 Å². The molecule has 4 unspecified atom stereocenters. The van der Waals surface area contributed by atoms with Gasteiger partial charge in [-0.15, -0.1) is 0 Å². The minimum atomic E-state index is -0.371. The molecule has 0 aromatic carbocycles. The Hall–Kier alpha value is -0.590. The highest BCUT2D eigenvalue weighted by Crippen LogP contribution is 2.31. The third-order valence-electron chi connectivity index (χ3n) is 4.79. The summed E-state index contributed by atoms with van der Waals surface area (Å²) < 4.78 is 6.01. The van der Waals surface area contributed by atoms with E-state index in [1.807, 2.05) is 13.8 Å². The van der Waals surface area contributed by atoms with Crippen LogP contribution in [0.1, 0.15) is 66.2 Å². The van der Waals surface area contributed by atoms with E-state index in [9.17, 15) is 5.26 Å². The Bertz CT molecular complexity index is 313. The molecule has 1 aliphatic rings. The number of unbranched alkanes of at least 4 members (excludes halogenated alkanes) is 1. The Balaban J connectivity index is 2.12. The maximum atomic E-state index is 9.19. The van der Waals surface area contributed by atoms with Gasteiger partial charge in [-0.3, -0.25) is 5.32 Å². The third kappa shape index (κ3) is 5.81. The number of hydrogen-bond donors (Lipinski definition) is 1. The highest BCUT2D eigenvalue weighted by atomic mass is 16.5. The van der Waals surface area contributed by atoms with Crippen LogP contribution in [0.5, 0.6) is 0 Å². The predicted molar refractivity (Wildman–Crippen MR) is 83.5 cm³/mol.